The predicted molar refractivity (Wildman–Crippen MR) is 111 cm³/mol. The van der Waals surface area contributed by atoms with Crippen LogP contribution in [0.2, 0.25) is 0 Å². The second-order valence-corrected chi connectivity index (χ2v) is 7.97. The van der Waals surface area contributed by atoms with Crippen LogP contribution in [0.5, 0.6) is 0 Å². The first-order chi connectivity index (χ1) is 15.0. The molecule has 2 aliphatic rings. The number of alkyl carbamates (subject to hydrolysis) is 1. The molecule has 8 nitrogen and oxygen atoms in total. The summed E-state index contributed by atoms with van der Waals surface area (Å²) in [5, 5.41) is 11.4. The van der Waals surface area contributed by atoms with Crippen molar-refractivity contribution in [3.8, 4) is 11.1 Å². The highest BCUT2D eigenvalue weighted by molar-refractivity contribution is 5.80. The molecule has 0 unspecified atom stereocenters. The Morgan fingerprint density at radius 2 is 1.61 bits per heavy atom. The largest absolute Gasteiger partial charge is 0.479 e. The van der Waals surface area contributed by atoms with E-state index in [4.69, 9.17) is 9.84 Å². The third kappa shape index (κ3) is 4.54. The molecule has 2 aliphatic carbocycles. The number of nitrogens with one attached hydrogen (secondary N) is 2. The molecule has 2 aromatic carbocycles. The highest BCUT2D eigenvalue weighted by atomic mass is 16.7. The maximum Gasteiger partial charge on any atom is 0.407 e. The Morgan fingerprint density at radius 1 is 1.00 bits per heavy atom. The number of hydrogen-bond donors (Lipinski definition) is 3. The van der Waals surface area contributed by atoms with Gasteiger partial charge >= 0.3 is 12.1 Å². The number of fused-ring (bicyclic) bond motifs is 3. The topological polar surface area (TPSA) is 114 Å². The number of carbonyl (C=O) groups is 3. The number of hydroxylamine groups is 1. The Morgan fingerprint density at radius 3 is 2.16 bits per heavy atom. The predicted octanol–water partition coefficient (Wildman–Crippen LogP) is 2.97. The van der Waals surface area contributed by atoms with Gasteiger partial charge in [0.05, 0.1) is 12.0 Å². The first-order valence-corrected chi connectivity index (χ1v) is 10.2. The van der Waals surface area contributed by atoms with Crippen molar-refractivity contribution in [1.29, 1.82) is 0 Å². The van der Waals surface area contributed by atoms with Crippen LogP contribution in [0.3, 0.4) is 0 Å². The first kappa shape index (κ1) is 20.9. The lowest BCUT2D eigenvalue weighted by molar-refractivity contribution is -0.149. The maximum atomic E-state index is 12.5. The molecule has 0 atom stereocenters. The molecule has 2 amide bonds. The SMILES string of the molecule is O=C(O)CONC(=O)CC1(NC(=O)OCC2c3ccccc3-c3ccccc32)CCC1. The fraction of sp³-hybridized carbons (Fsp3) is 0.348. The number of carboxylic acid groups (broad SMARTS) is 1. The Labute approximate surface area is 179 Å². The van der Waals surface area contributed by atoms with E-state index in [9.17, 15) is 14.4 Å². The van der Waals surface area contributed by atoms with Gasteiger partial charge in [0.25, 0.3) is 0 Å². The van der Waals surface area contributed by atoms with E-state index in [1.807, 2.05) is 24.3 Å². The standard InChI is InChI=1S/C23H24N2O6/c26-20(25-31-14-21(27)28)12-23(10-5-11-23)24-22(29)30-13-19-17-8-3-1-6-15(17)16-7-2-4-9-18(16)19/h1-4,6-9,19H,5,10-14H2,(H,24,29)(H,25,26)(H,27,28). The van der Waals surface area contributed by atoms with Gasteiger partial charge in [-0.05, 0) is 41.5 Å². The van der Waals surface area contributed by atoms with E-state index in [0.29, 0.717) is 12.8 Å². The lowest BCUT2D eigenvalue weighted by Gasteiger charge is -2.41. The summed E-state index contributed by atoms with van der Waals surface area (Å²) in [6.07, 6.45) is 1.59. The van der Waals surface area contributed by atoms with Crippen LogP contribution in [-0.4, -0.2) is 41.8 Å². The molecule has 31 heavy (non-hydrogen) atoms. The quantitative estimate of drug-likeness (QED) is 0.562. The van der Waals surface area contributed by atoms with Gasteiger partial charge in [-0.15, -0.1) is 0 Å². The Balaban J connectivity index is 1.35. The van der Waals surface area contributed by atoms with E-state index in [1.54, 1.807) is 0 Å². The summed E-state index contributed by atoms with van der Waals surface area (Å²) in [7, 11) is 0. The summed E-state index contributed by atoms with van der Waals surface area (Å²) in [5.74, 6) is -1.71. The van der Waals surface area contributed by atoms with E-state index in [0.717, 1.165) is 28.7 Å². The average molecular weight is 424 g/mol. The molecule has 0 radical (unpaired) electrons. The minimum Gasteiger partial charge on any atom is -0.479 e. The number of carboxylic acids is 1. The summed E-state index contributed by atoms with van der Waals surface area (Å²) in [6.45, 7) is -0.428. The number of ether oxygens (including phenoxy) is 1. The normalized spacial score (nSPS) is 15.9. The molecule has 1 fully saturated rings. The molecule has 0 saturated heterocycles. The Bertz CT molecular complexity index is 956. The second kappa shape index (κ2) is 8.77. The van der Waals surface area contributed by atoms with Crippen LogP contribution in [-0.2, 0) is 19.2 Å². The van der Waals surface area contributed by atoms with E-state index < -0.39 is 30.1 Å². The van der Waals surface area contributed by atoms with Gasteiger partial charge < -0.3 is 15.2 Å². The monoisotopic (exact) mass is 424 g/mol. The van der Waals surface area contributed by atoms with Gasteiger partial charge in [-0.1, -0.05) is 48.5 Å². The number of carbonyl (C=O) groups excluding carboxylic acids is 2. The minimum absolute atomic E-state index is 0.00316. The number of hydrogen-bond acceptors (Lipinski definition) is 5. The lowest BCUT2D eigenvalue weighted by Crippen LogP contribution is -2.56. The molecule has 1 saturated carbocycles. The number of rotatable bonds is 8. The number of amides is 2. The van der Waals surface area contributed by atoms with Crippen LogP contribution in [0.1, 0.15) is 42.7 Å². The third-order valence-electron chi connectivity index (χ3n) is 5.90. The molecular formula is C23H24N2O6. The van der Waals surface area contributed by atoms with E-state index in [2.05, 4.69) is 39.9 Å². The van der Waals surface area contributed by atoms with Gasteiger partial charge in [0.2, 0.25) is 5.91 Å². The fourth-order valence-electron chi connectivity index (χ4n) is 4.32. The van der Waals surface area contributed by atoms with E-state index >= 15 is 0 Å². The van der Waals surface area contributed by atoms with Gasteiger partial charge in [0, 0.05) is 5.92 Å². The molecule has 8 heteroatoms. The van der Waals surface area contributed by atoms with E-state index in [-0.39, 0.29) is 18.9 Å². The van der Waals surface area contributed by atoms with Gasteiger partial charge in [-0.25, -0.2) is 15.1 Å². The van der Waals surface area contributed by atoms with Crippen LogP contribution < -0.4 is 10.8 Å². The molecule has 2 aromatic rings. The summed E-state index contributed by atoms with van der Waals surface area (Å²) < 4.78 is 5.57. The minimum atomic E-state index is -1.18. The number of benzene rings is 2. The van der Waals surface area contributed by atoms with Gasteiger partial charge in [0.15, 0.2) is 6.61 Å². The van der Waals surface area contributed by atoms with Crippen LogP contribution >= 0.6 is 0 Å². The summed E-state index contributed by atoms with van der Waals surface area (Å²) >= 11 is 0. The van der Waals surface area contributed by atoms with Crippen molar-refractivity contribution in [2.24, 2.45) is 0 Å². The first-order valence-electron chi connectivity index (χ1n) is 10.2. The number of aliphatic carboxylic acids is 1. The van der Waals surface area contributed by atoms with Gasteiger partial charge in [-0.2, -0.15) is 0 Å². The van der Waals surface area contributed by atoms with Gasteiger partial charge in [0.1, 0.15) is 6.61 Å². The molecular weight excluding hydrogens is 400 g/mol. The zero-order valence-corrected chi connectivity index (χ0v) is 16.9. The summed E-state index contributed by atoms with van der Waals surface area (Å²) in [6, 6.07) is 16.2. The molecule has 0 bridgehead atoms. The van der Waals surface area contributed by atoms with Crippen LogP contribution in [0.15, 0.2) is 48.5 Å². The fourth-order valence-corrected chi connectivity index (χ4v) is 4.32. The molecule has 0 aliphatic heterocycles. The zero-order chi connectivity index (χ0) is 21.8. The van der Waals surface area contributed by atoms with Crippen molar-refractivity contribution < 1.29 is 29.1 Å². The Kier molecular flexibility index (Phi) is 5.90. The van der Waals surface area contributed by atoms with Crippen molar-refractivity contribution in [3.63, 3.8) is 0 Å². The molecule has 0 heterocycles. The molecule has 162 valence electrons. The smallest absolute Gasteiger partial charge is 0.407 e. The van der Waals surface area contributed by atoms with Crippen molar-refractivity contribution >= 4 is 18.0 Å². The van der Waals surface area contributed by atoms with Crippen molar-refractivity contribution in [2.75, 3.05) is 13.2 Å². The van der Waals surface area contributed by atoms with Crippen molar-refractivity contribution in [2.45, 2.75) is 37.1 Å². The van der Waals surface area contributed by atoms with Crippen molar-refractivity contribution in [3.05, 3.63) is 59.7 Å². The second-order valence-electron chi connectivity index (χ2n) is 7.97. The van der Waals surface area contributed by atoms with Crippen LogP contribution in [0.25, 0.3) is 11.1 Å². The van der Waals surface area contributed by atoms with Crippen molar-refractivity contribution in [1.82, 2.24) is 10.8 Å². The van der Waals surface area contributed by atoms with Crippen LogP contribution in [0, 0.1) is 0 Å². The molecule has 3 N–H and O–H groups in total. The molecule has 0 aromatic heterocycles. The third-order valence-corrected chi connectivity index (χ3v) is 5.90. The Hall–Kier alpha value is -3.39. The highest BCUT2D eigenvalue weighted by Crippen LogP contribution is 2.44. The maximum absolute atomic E-state index is 12.5. The van der Waals surface area contributed by atoms with Crippen LogP contribution in [0.4, 0.5) is 4.79 Å². The average Bonchev–Trinajstić information content (AvgIpc) is 3.04. The van der Waals surface area contributed by atoms with E-state index in [1.165, 1.54) is 0 Å². The van der Waals surface area contributed by atoms with Gasteiger partial charge in [-0.3, -0.25) is 9.63 Å². The zero-order valence-electron chi connectivity index (χ0n) is 16.9. The highest BCUT2D eigenvalue weighted by Gasteiger charge is 2.41. The summed E-state index contributed by atoms with van der Waals surface area (Å²) in [4.78, 5) is 39.7. The molecule has 4 rings (SSSR count). The summed E-state index contributed by atoms with van der Waals surface area (Å²) in [5.41, 5.74) is 5.97. The molecule has 0 spiro atoms. The lowest BCUT2D eigenvalue weighted by atomic mass is 9.74.